The quantitative estimate of drug-likeness (QED) is 0.246. The van der Waals surface area contributed by atoms with E-state index >= 15 is 0 Å². The molecular formula is C25H28N8O4. The molecule has 12 heteroatoms. The van der Waals surface area contributed by atoms with Gasteiger partial charge in [0.05, 0.1) is 28.8 Å². The van der Waals surface area contributed by atoms with E-state index in [1.165, 1.54) is 13.2 Å². The molecule has 0 saturated carbocycles. The second kappa shape index (κ2) is 10.5. The number of benzene rings is 2. The van der Waals surface area contributed by atoms with Crippen molar-refractivity contribution in [2.24, 2.45) is 5.73 Å². The molecule has 0 fully saturated rings. The van der Waals surface area contributed by atoms with E-state index in [4.69, 9.17) is 10.5 Å². The van der Waals surface area contributed by atoms with Crippen LogP contribution in [-0.4, -0.2) is 71.6 Å². The number of hydrogen-bond donors (Lipinski definition) is 2. The van der Waals surface area contributed by atoms with Crippen LogP contribution in [-0.2, 0) is 0 Å². The number of nitro benzene ring substituents is 1. The molecule has 0 aliphatic heterocycles. The van der Waals surface area contributed by atoms with Crippen molar-refractivity contribution in [3.8, 4) is 11.6 Å². The van der Waals surface area contributed by atoms with Gasteiger partial charge in [-0.05, 0) is 26.2 Å². The number of para-hydroxylation sites is 1. The first-order valence-electron chi connectivity index (χ1n) is 11.4. The molecule has 2 aromatic heterocycles. The lowest BCUT2D eigenvalue weighted by molar-refractivity contribution is -0.384. The van der Waals surface area contributed by atoms with Crippen LogP contribution in [0.15, 0.2) is 54.9 Å². The van der Waals surface area contributed by atoms with Crippen molar-refractivity contribution in [3.63, 3.8) is 0 Å². The number of ether oxygens (including phenoxy) is 1. The molecule has 2 heterocycles. The van der Waals surface area contributed by atoms with Crippen molar-refractivity contribution in [1.82, 2.24) is 19.4 Å². The van der Waals surface area contributed by atoms with Crippen LogP contribution < -0.4 is 20.7 Å². The van der Waals surface area contributed by atoms with Crippen LogP contribution in [0.1, 0.15) is 10.4 Å². The second-order valence-corrected chi connectivity index (χ2v) is 8.68. The van der Waals surface area contributed by atoms with Crippen LogP contribution in [0.4, 0.5) is 23.0 Å². The summed E-state index contributed by atoms with van der Waals surface area (Å²) in [5.74, 6) is 0.524. The second-order valence-electron chi connectivity index (χ2n) is 8.68. The lowest BCUT2D eigenvalue weighted by Gasteiger charge is -2.22. The number of carbonyl (C=O) groups is 1. The predicted octanol–water partition coefficient (Wildman–Crippen LogP) is 3.18. The average Bonchev–Trinajstić information content (AvgIpc) is 3.27. The highest BCUT2D eigenvalue weighted by atomic mass is 16.6. The molecule has 0 bridgehead atoms. The molecule has 1 amide bonds. The number of anilines is 3. The molecule has 0 saturated heterocycles. The third kappa shape index (κ3) is 5.28. The Kier molecular flexibility index (Phi) is 7.20. The highest BCUT2D eigenvalue weighted by Gasteiger charge is 2.22. The monoisotopic (exact) mass is 504 g/mol. The Hall–Kier alpha value is -4.71. The first kappa shape index (κ1) is 25.4. The summed E-state index contributed by atoms with van der Waals surface area (Å²) in [6.07, 6.45) is 3.18. The van der Waals surface area contributed by atoms with Crippen LogP contribution >= 0.6 is 0 Å². The van der Waals surface area contributed by atoms with E-state index in [2.05, 4.69) is 15.3 Å². The third-order valence-electron chi connectivity index (χ3n) is 5.90. The first-order valence-corrected chi connectivity index (χ1v) is 11.4. The van der Waals surface area contributed by atoms with Crippen LogP contribution in [0.3, 0.4) is 0 Å². The van der Waals surface area contributed by atoms with Gasteiger partial charge >= 0.3 is 0 Å². The van der Waals surface area contributed by atoms with Gasteiger partial charge in [-0.25, -0.2) is 4.98 Å². The molecule has 0 aliphatic carbocycles. The van der Waals surface area contributed by atoms with Crippen molar-refractivity contribution in [2.75, 3.05) is 51.6 Å². The minimum absolute atomic E-state index is 0.0804. The molecule has 192 valence electrons. The maximum Gasteiger partial charge on any atom is 0.294 e. The van der Waals surface area contributed by atoms with Crippen molar-refractivity contribution < 1.29 is 14.5 Å². The SMILES string of the molecule is COc1cc(N(C)CCN(C)C)c([N+](=O)[O-])cc1Nc1nccc(-n2cc(C(N)=O)c3ccccc32)n1. The minimum Gasteiger partial charge on any atom is -0.494 e. The molecule has 3 N–H and O–H groups in total. The molecule has 2 aromatic carbocycles. The molecule has 12 nitrogen and oxygen atoms in total. The van der Waals surface area contributed by atoms with Crippen LogP contribution in [0.2, 0.25) is 0 Å². The number of nitrogens with zero attached hydrogens (tertiary/aromatic N) is 6. The predicted molar refractivity (Wildman–Crippen MR) is 142 cm³/mol. The van der Waals surface area contributed by atoms with Gasteiger partial charge < -0.3 is 30.2 Å². The van der Waals surface area contributed by atoms with Gasteiger partial charge in [-0.3, -0.25) is 14.9 Å². The lowest BCUT2D eigenvalue weighted by atomic mass is 10.2. The number of aromatic nitrogens is 3. The van der Waals surface area contributed by atoms with E-state index in [0.717, 1.165) is 12.1 Å². The molecular weight excluding hydrogens is 476 g/mol. The first-order chi connectivity index (χ1) is 17.7. The van der Waals surface area contributed by atoms with Gasteiger partial charge in [0.25, 0.3) is 11.6 Å². The van der Waals surface area contributed by atoms with Gasteiger partial charge in [0, 0.05) is 50.0 Å². The average molecular weight is 505 g/mol. The molecule has 4 rings (SSSR count). The van der Waals surface area contributed by atoms with Gasteiger partial charge in [-0.15, -0.1) is 0 Å². The van der Waals surface area contributed by atoms with Gasteiger partial charge in [0.15, 0.2) is 0 Å². The van der Waals surface area contributed by atoms with Gasteiger partial charge in [-0.1, -0.05) is 18.2 Å². The zero-order chi connectivity index (χ0) is 26.7. The Labute approximate surface area is 213 Å². The highest BCUT2D eigenvalue weighted by Crippen LogP contribution is 2.39. The summed E-state index contributed by atoms with van der Waals surface area (Å²) in [7, 11) is 7.17. The standard InChI is InChI=1S/C25H28N8O4/c1-30(2)11-12-31(3)20-14-22(37-4)18(13-21(20)33(35)36)28-25-27-10-9-23(29-25)32-15-17(24(26)34)16-7-5-6-8-19(16)32/h5-10,13-15H,11-12H2,1-4H3,(H2,26,34)(H,27,28,29). The normalized spacial score (nSPS) is 11.1. The third-order valence-corrected chi connectivity index (χ3v) is 5.90. The van der Waals surface area contributed by atoms with Crippen molar-refractivity contribution in [3.05, 3.63) is 70.5 Å². The fourth-order valence-electron chi connectivity index (χ4n) is 3.98. The molecule has 37 heavy (non-hydrogen) atoms. The van der Waals surface area contributed by atoms with Crippen molar-refractivity contribution in [1.29, 1.82) is 0 Å². The fourth-order valence-corrected chi connectivity index (χ4v) is 3.98. The maximum absolute atomic E-state index is 12.0. The van der Waals surface area contributed by atoms with Crippen LogP contribution in [0.5, 0.6) is 5.75 Å². The number of rotatable bonds is 10. The van der Waals surface area contributed by atoms with E-state index in [1.54, 1.807) is 36.1 Å². The number of fused-ring (bicyclic) bond motifs is 1. The highest BCUT2D eigenvalue weighted by molar-refractivity contribution is 6.06. The summed E-state index contributed by atoms with van der Waals surface area (Å²) in [6.45, 7) is 1.31. The lowest BCUT2D eigenvalue weighted by Crippen LogP contribution is -2.28. The van der Waals surface area contributed by atoms with Crippen LogP contribution in [0.25, 0.3) is 16.7 Å². The maximum atomic E-state index is 12.0. The Balaban J connectivity index is 1.72. The Morgan fingerprint density at radius 2 is 1.95 bits per heavy atom. The van der Waals surface area contributed by atoms with Gasteiger partial charge in [0.1, 0.15) is 17.3 Å². The summed E-state index contributed by atoms with van der Waals surface area (Å²) in [5.41, 5.74) is 7.38. The summed E-state index contributed by atoms with van der Waals surface area (Å²) < 4.78 is 7.28. The zero-order valence-corrected chi connectivity index (χ0v) is 21.0. The Bertz CT molecular complexity index is 1470. The molecule has 0 radical (unpaired) electrons. The number of amides is 1. The number of primary amides is 1. The summed E-state index contributed by atoms with van der Waals surface area (Å²) in [5, 5.41) is 15.7. The molecule has 0 aliphatic rings. The van der Waals surface area contributed by atoms with Crippen molar-refractivity contribution >= 4 is 39.8 Å². The van der Waals surface area contributed by atoms with E-state index in [0.29, 0.717) is 40.4 Å². The molecule has 0 unspecified atom stereocenters. The Morgan fingerprint density at radius 3 is 2.62 bits per heavy atom. The smallest absolute Gasteiger partial charge is 0.294 e. The number of likely N-dealkylation sites (N-methyl/N-ethyl adjacent to an activating group) is 2. The fraction of sp³-hybridized carbons (Fsp3) is 0.240. The molecule has 0 spiro atoms. The number of carbonyl (C=O) groups excluding carboxylic acids is 1. The molecule has 0 atom stereocenters. The van der Waals surface area contributed by atoms with E-state index in [-0.39, 0.29) is 11.6 Å². The number of nitrogens with one attached hydrogen (secondary N) is 1. The van der Waals surface area contributed by atoms with E-state index < -0.39 is 10.8 Å². The summed E-state index contributed by atoms with van der Waals surface area (Å²) in [4.78, 5) is 36.1. The topological polar surface area (TPSA) is 145 Å². The Morgan fingerprint density at radius 1 is 1.19 bits per heavy atom. The number of methoxy groups -OCH3 is 1. The van der Waals surface area contributed by atoms with Gasteiger partial charge in [-0.2, -0.15) is 4.98 Å². The number of hydrogen-bond acceptors (Lipinski definition) is 9. The zero-order valence-electron chi connectivity index (χ0n) is 21.0. The van der Waals surface area contributed by atoms with Crippen LogP contribution in [0, 0.1) is 10.1 Å². The van der Waals surface area contributed by atoms with E-state index in [1.807, 2.05) is 48.2 Å². The summed E-state index contributed by atoms with van der Waals surface area (Å²) >= 11 is 0. The molecule has 4 aromatic rings. The summed E-state index contributed by atoms with van der Waals surface area (Å²) in [6, 6.07) is 12.1. The van der Waals surface area contributed by atoms with Crippen molar-refractivity contribution in [2.45, 2.75) is 0 Å². The van der Waals surface area contributed by atoms with E-state index in [9.17, 15) is 14.9 Å². The number of nitro groups is 1. The largest absolute Gasteiger partial charge is 0.494 e. The number of nitrogens with two attached hydrogens (primary N) is 1. The minimum atomic E-state index is -0.546. The van der Waals surface area contributed by atoms with Gasteiger partial charge in [0.2, 0.25) is 5.95 Å².